The zero-order valence-electron chi connectivity index (χ0n) is 10.2. The van der Waals surface area contributed by atoms with E-state index in [1.54, 1.807) is 6.07 Å². The van der Waals surface area contributed by atoms with Crippen molar-refractivity contribution in [3.05, 3.63) is 34.7 Å². The van der Waals surface area contributed by atoms with Crippen LogP contribution in [0.1, 0.15) is 22.0 Å². The fourth-order valence-electron chi connectivity index (χ4n) is 1.34. The number of nitrogens with zero attached hydrogens (tertiary/aromatic N) is 1. The summed E-state index contributed by atoms with van der Waals surface area (Å²) in [4.78, 5) is 15.0. The SMILES string of the molecule is COCc1ccc(C(=O)Nc2nc(C(F)(F)F)cs2)o1. The molecule has 0 spiro atoms. The second-order valence-corrected chi connectivity index (χ2v) is 4.55. The van der Waals surface area contributed by atoms with Crippen molar-refractivity contribution in [2.24, 2.45) is 0 Å². The Labute approximate surface area is 115 Å². The predicted octanol–water partition coefficient (Wildman–Crippen LogP) is 3.15. The van der Waals surface area contributed by atoms with Crippen LogP contribution in [0.3, 0.4) is 0 Å². The molecule has 0 aromatic carbocycles. The monoisotopic (exact) mass is 306 g/mol. The van der Waals surface area contributed by atoms with Crippen LogP contribution in [0.4, 0.5) is 18.3 Å². The van der Waals surface area contributed by atoms with Crippen molar-refractivity contribution in [3.63, 3.8) is 0 Å². The Morgan fingerprint density at radius 2 is 2.25 bits per heavy atom. The van der Waals surface area contributed by atoms with E-state index in [1.165, 1.54) is 13.2 Å². The van der Waals surface area contributed by atoms with E-state index >= 15 is 0 Å². The maximum Gasteiger partial charge on any atom is 0.434 e. The Hall–Kier alpha value is -1.87. The molecule has 2 rings (SSSR count). The first-order valence-electron chi connectivity index (χ1n) is 5.32. The van der Waals surface area contributed by atoms with Crippen molar-refractivity contribution in [2.45, 2.75) is 12.8 Å². The van der Waals surface area contributed by atoms with Gasteiger partial charge in [0.1, 0.15) is 12.4 Å². The van der Waals surface area contributed by atoms with Crippen LogP contribution in [0.2, 0.25) is 0 Å². The van der Waals surface area contributed by atoms with Crippen LogP contribution in [0.5, 0.6) is 0 Å². The van der Waals surface area contributed by atoms with Crippen LogP contribution in [-0.2, 0) is 17.5 Å². The van der Waals surface area contributed by atoms with Gasteiger partial charge in [-0.3, -0.25) is 10.1 Å². The van der Waals surface area contributed by atoms with Crippen molar-refractivity contribution in [1.82, 2.24) is 4.98 Å². The van der Waals surface area contributed by atoms with Crippen LogP contribution in [-0.4, -0.2) is 18.0 Å². The standard InChI is InChI=1S/C11H9F3N2O3S/c1-18-4-6-2-3-7(19-6)9(17)16-10-15-8(5-20-10)11(12,13)14/h2-3,5H,4H2,1H3,(H,15,16,17). The molecule has 2 heterocycles. The van der Waals surface area contributed by atoms with Crippen LogP contribution in [0.15, 0.2) is 21.9 Å². The summed E-state index contributed by atoms with van der Waals surface area (Å²) in [5.74, 6) is -0.260. The molecule has 2 aromatic rings. The summed E-state index contributed by atoms with van der Waals surface area (Å²) in [6.07, 6.45) is -4.53. The van der Waals surface area contributed by atoms with E-state index in [0.29, 0.717) is 17.1 Å². The first-order chi connectivity index (χ1) is 9.40. The lowest BCUT2D eigenvalue weighted by molar-refractivity contribution is -0.140. The highest BCUT2D eigenvalue weighted by molar-refractivity contribution is 7.14. The predicted molar refractivity (Wildman–Crippen MR) is 64.5 cm³/mol. The fraction of sp³-hybridized carbons (Fsp3) is 0.273. The molecule has 0 aliphatic carbocycles. The van der Waals surface area contributed by atoms with Crippen LogP contribution in [0, 0.1) is 0 Å². The summed E-state index contributed by atoms with van der Waals surface area (Å²) >= 11 is 0.687. The number of halogens is 3. The molecule has 9 heteroatoms. The topological polar surface area (TPSA) is 64.4 Å². The van der Waals surface area contributed by atoms with Crippen LogP contribution < -0.4 is 5.32 Å². The summed E-state index contributed by atoms with van der Waals surface area (Å²) in [5.41, 5.74) is -1.04. The Kier molecular flexibility index (Phi) is 4.09. The molecule has 0 atom stereocenters. The van der Waals surface area contributed by atoms with Gasteiger partial charge in [0.2, 0.25) is 0 Å². The van der Waals surface area contributed by atoms with Crippen LogP contribution >= 0.6 is 11.3 Å². The van der Waals surface area contributed by atoms with E-state index in [2.05, 4.69) is 10.3 Å². The van der Waals surface area contributed by atoms with E-state index in [1.807, 2.05) is 0 Å². The van der Waals surface area contributed by atoms with Gasteiger partial charge in [-0.1, -0.05) is 0 Å². The summed E-state index contributed by atoms with van der Waals surface area (Å²) in [6, 6.07) is 2.95. The van der Waals surface area contributed by atoms with Gasteiger partial charge in [0.05, 0.1) is 0 Å². The zero-order chi connectivity index (χ0) is 14.8. The normalized spacial score (nSPS) is 11.6. The molecule has 0 fully saturated rings. The van der Waals surface area contributed by atoms with Gasteiger partial charge < -0.3 is 9.15 Å². The molecule has 108 valence electrons. The average Bonchev–Trinajstić information content (AvgIpc) is 2.97. The third-order valence-corrected chi connectivity index (χ3v) is 2.94. The quantitative estimate of drug-likeness (QED) is 0.942. The van der Waals surface area contributed by atoms with Gasteiger partial charge in [-0.15, -0.1) is 11.3 Å². The Bertz CT molecular complexity index is 606. The number of amides is 1. The number of alkyl halides is 3. The number of nitrogens with one attached hydrogen (secondary N) is 1. The second kappa shape index (κ2) is 5.63. The number of methoxy groups -OCH3 is 1. The molecular weight excluding hydrogens is 297 g/mol. The number of thiazole rings is 1. The number of carbonyl (C=O) groups is 1. The molecule has 1 N–H and O–H groups in total. The zero-order valence-corrected chi connectivity index (χ0v) is 11.0. The molecule has 0 unspecified atom stereocenters. The van der Waals surface area contributed by atoms with Gasteiger partial charge in [0, 0.05) is 12.5 Å². The molecule has 0 saturated heterocycles. The van der Waals surface area contributed by atoms with Gasteiger partial charge in [0.25, 0.3) is 5.91 Å². The summed E-state index contributed by atoms with van der Waals surface area (Å²) in [6.45, 7) is 0.197. The first kappa shape index (κ1) is 14.5. The lowest BCUT2D eigenvalue weighted by Gasteiger charge is -2.00. The molecule has 1 amide bonds. The number of aromatic nitrogens is 1. The van der Waals surface area contributed by atoms with Gasteiger partial charge >= 0.3 is 6.18 Å². The molecular formula is C11H9F3N2O3S. The van der Waals surface area contributed by atoms with E-state index in [4.69, 9.17) is 9.15 Å². The number of anilines is 1. The third kappa shape index (κ3) is 3.36. The highest BCUT2D eigenvalue weighted by Crippen LogP contribution is 2.31. The average molecular weight is 306 g/mol. The largest absolute Gasteiger partial charge is 0.453 e. The number of furan rings is 1. The maximum absolute atomic E-state index is 12.3. The lowest BCUT2D eigenvalue weighted by Crippen LogP contribution is -2.11. The van der Waals surface area contributed by atoms with Crippen molar-refractivity contribution in [2.75, 3.05) is 12.4 Å². The Balaban J connectivity index is 2.05. The summed E-state index contributed by atoms with van der Waals surface area (Å²) in [7, 11) is 1.47. The number of hydrogen-bond acceptors (Lipinski definition) is 5. The van der Waals surface area contributed by atoms with E-state index in [9.17, 15) is 18.0 Å². The molecule has 2 aromatic heterocycles. The molecule has 0 saturated carbocycles. The minimum atomic E-state index is -4.53. The maximum atomic E-state index is 12.3. The van der Waals surface area contributed by atoms with Gasteiger partial charge in [0.15, 0.2) is 16.6 Å². The van der Waals surface area contributed by atoms with E-state index in [0.717, 1.165) is 5.38 Å². The van der Waals surface area contributed by atoms with Crippen molar-refractivity contribution < 1.29 is 27.1 Å². The number of ether oxygens (including phenoxy) is 1. The van der Waals surface area contributed by atoms with Crippen LogP contribution in [0.25, 0.3) is 0 Å². The fourth-order valence-corrected chi connectivity index (χ4v) is 2.05. The van der Waals surface area contributed by atoms with E-state index < -0.39 is 17.8 Å². The number of carbonyl (C=O) groups excluding carboxylic acids is 1. The molecule has 0 aliphatic rings. The van der Waals surface area contributed by atoms with Gasteiger partial charge in [-0.2, -0.15) is 13.2 Å². The highest BCUT2D eigenvalue weighted by atomic mass is 32.1. The van der Waals surface area contributed by atoms with Crippen molar-refractivity contribution in [1.29, 1.82) is 0 Å². The lowest BCUT2D eigenvalue weighted by atomic mass is 10.4. The molecule has 5 nitrogen and oxygen atoms in total. The Morgan fingerprint density at radius 3 is 2.85 bits per heavy atom. The minimum absolute atomic E-state index is 0.0270. The van der Waals surface area contributed by atoms with Gasteiger partial charge in [-0.05, 0) is 12.1 Å². The van der Waals surface area contributed by atoms with Gasteiger partial charge in [-0.25, -0.2) is 4.98 Å². The highest BCUT2D eigenvalue weighted by Gasteiger charge is 2.34. The number of rotatable bonds is 4. The minimum Gasteiger partial charge on any atom is -0.453 e. The number of hydrogen-bond donors (Lipinski definition) is 1. The second-order valence-electron chi connectivity index (χ2n) is 3.69. The first-order valence-corrected chi connectivity index (χ1v) is 6.20. The summed E-state index contributed by atoms with van der Waals surface area (Å²) in [5, 5.41) is 2.92. The van der Waals surface area contributed by atoms with Crippen molar-refractivity contribution in [3.8, 4) is 0 Å². The summed E-state index contributed by atoms with van der Waals surface area (Å²) < 4.78 is 47.0. The molecule has 0 bridgehead atoms. The third-order valence-electron chi connectivity index (χ3n) is 2.19. The molecule has 0 aliphatic heterocycles. The molecule has 0 radical (unpaired) electrons. The van der Waals surface area contributed by atoms with E-state index in [-0.39, 0.29) is 17.5 Å². The Morgan fingerprint density at radius 1 is 1.50 bits per heavy atom. The van der Waals surface area contributed by atoms with Crippen molar-refractivity contribution >= 4 is 22.4 Å². The smallest absolute Gasteiger partial charge is 0.434 e. The molecule has 20 heavy (non-hydrogen) atoms.